The van der Waals surface area contributed by atoms with Crippen molar-refractivity contribution in [1.82, 2.24) is 0 Å². The van der Waals surface area contributed by atoms with Gasteiger partial charge in [-0.05, 0) is 24.6 Å². The van der Waals surface area contributed by atoms with E-state index in [-0.39, 0.29) is 5.56 Å². The molecule has 0 bridgehead atoms. The van der Waals surface area contributed by atoms with Crippen LogP contribution in [-0.4, -0.2) is 17.7 Å². The Morgan fingerprint density at radius 1 is 1.11 bits per heavy atom. The predicted molar refractivity (Wildman–Crippen MR) is 76.9 cm³/mol. The molecule has 0 aromatic heterocycles. The van der Waals surface area contributed by atoms with Gasteiger partial charge in [0, 0.05) is 0 Å². The van der Waals surface area contributed by atoms with Gasteiger partial charge in [-0.15, -0.1) is 0 Å². The first-order valence-electron chi connectivity index (χ1n) is 7.20. The number of hydrogen-bond donors (Lipinski definition) is 1. The van der Waals surface area contributed by atoms with E-state index in [1.165, 1.54) is 38.5 Å². The van der Waals surface area contributed by atoms with Gasteiger partial charge in [-0.1, -0.05) is 51.5 Å². The number of ether oxygens (including phenoxy) is 1. The minimum atomic E-state index is -0.915. The zero-order valence-electron chi connectivity index (χ0n) is 11.7. The highest BCUT2D eigenvalue weighted by Gasteiger charge is 2.03. The maximum absolute atomic E-state index is 10.8. The molecule has 1 rings (SSSR count). The molecule has 106 valence electrons. The highest BCUT2D eigenvalue weighted by molar-refractivity contribution is 5.87. The van der Waals surface area contributed by atoms with Crippen LogP contribution in [0.5, 0.6) is 5.75 Å². The van der Waals surface area contributed by atoms with Crippen LogP contribution in [0.1, 0.15) is 62.2 Å². The van der Waals surface area contributed by atoms with Gasteiger partial charge in [0.05, 0.1) is 12.2 Å². The highest BCUT2D eigenvalue weighted by Crippen LogP contribution is 2.14. The Morgan fingerprint density at radius 2 is 1.79 bits per heavy atom. The third kappa shape index (κ3) is 6.85. The summed E-state index contributed by atoms with van der Waals surface area (Å²) in [6, 6.07) is 6.66. The maximum atomic E-state index is 10.8. The molecule has 0 radical (unpaired) electrons. The molecule has 19 heavy (non-hydrogen) atoms. The standard InChI is InChI=1S/C16H24O3/c1-2-3-4-5-6-7-8-12-19-15-11-9-10-14(13-15)16(17)18/h9-11,13H,2-8,12H2,1H3,(H,17,18). The van der Waals surface area contributed by atoms with E-state index in [1.807, 2.05) is 0 Å². The van der Waals surface area contributed by atoms with Gasteiger partial charge in [0.15, 0.2) is 0 Å². The van der Waals surface area contributed by atoms with Gasteiger partial charge in [0.1, 0.15) is 5.75 Å². The summed E-state index contributed by atoms with van der Waals surface area (Å²) in [6.45, 7) is 2.88. The topological polar surface area (TPSA) is 46.5 Å². The van der Waals surface area contributed by atoms with E-state index in [9.17, 15) is 4.79 Å². The van der Waals surface area contributed by atoms with Gasteiger partial charge < -0.3 is 9.84 Å². The molecule has 1 aromatic carbocycles. The second-order valence-electron chi connectivity index (χ2n) is 4.80. The van der Waals surface area contributed by atoms with Crippen molar-refractivity contribution in [2.45, 2.75) is 51.9 Å². The van der Waals surface area contributed by atoms with Crippen molar-refractivity contribution in [3.05, 3.63) is 29.8 Å². The molecule has 0 aliphatic heterocycles. The third-order valence-corrected chi connectivity index (χ3v) is 3.10. The molecule has 1 aromatic rings. The van der Waals surface area contributed by atoms with Gasteiger partial charge in [0.2, 0.25) is 0 Å². The summed E-state index contributed by atoms with van der Waals surface area (Å²) in [6.07, 6.45) is 8.73. The summed E-state index contributed by atoms with van der Waals surface area (Å²) >= 11 is 0. The van der Waals surface area contributed by atoms with Crippen molar-refractivity contribution in [2.75, 3.05) is 6.61 Å². The second kappa shape index (κ2) is 9.42. The fraction of sp³-hybridized carbons (Fsp3) is 0.562. The van der Waals surface area contributed by atoms with E-state index in [2.05, 4.69) is 6.92 Å². The van der Waals surface area contributed by atoms with Crippen molar-refractivity contribution in [2.24, 2.45) is 0 Å². The minimum absolute atomic E-state index is 0.275. The predicted octanol–water partition coefficient (Wildman–Crippen LogP) is 4.51. The Balaban J connectivity index is 2.12. The molecule has 3 heteroatoms. The molecular formula is C16H24O3. The van der Waals surface area contributed by atoms with Crippen LogP contribution < -0.4 is 4.74 Å². The van der Waals surface area contributed by atoms with E-state index in [0.717, 1.165) is 6.42 Å². The van der Waals surface area contributed by atoms with Crippen LogP contribution in [0.25, 0.3) is 0 Å². The first-order chi connectivity index (χ1) is 9.24. The van der Waals surface area contributed by atoms with Crippen molar-refractivity contribution >= 4 is 5.97 Å². The van der Waals surface area contributed by atoms with Gasteiger partial charge in [0.25, 0.3) is 0 Å². The molecular weight excluding hydrogens is 240 g/mol. The lowest BCUT2D eigenvalue weighted by Crippen LogP contribution is -2.00. The van der Waals surface area contributed by atoms with Crippen molar-refractivity contribution < 1.29 is 14.6 Å². The Morgan fingerprint density at radius 3 is 2.47 bits per heavy atom. The number of carboxylic acid groups (broad SMARTS) is 1. The quantitative estimate of drug-likeness (QED) is 0.632. The summed E-state index contributed by atoms with van der Waals surface area (Å²) in [5, 5.41) is 8.87. The van der Waals surface area contributed by atoms with Gasteiger partial charge in [-0.3, -0.25) is 0 Å². The van der Waals surface area contributed by atoms with E-state index >= 15 is 0 Å². The van der Waals surface area contributed by atoms with Gasteiger partial charge >= 0.3 is 5.97 Å². The van der Waals surface area contributed by atoms with E-state index in [4.69, 9.17) is 9.84 Å². The zero-order valence-corrected chi connectivity index (χ0v) is 11.7. The maximum Gasteiger partial charge on any atom is 0.335 e. The SMILES string of the molecule is CCCCCCCCCOc1cccc(C(=O)O)c1. The van der Waals surface area contributed by atoms with Crippen LogP contribution in [-0.2, 0) is 0 Å². The molecule has 0 heterocycles. The number of benzene rings is 1. The number of rotatable bonds is 10. The molecule has 0 aliphatic carbocycles. The first-order valence-corrected chi connectivity index (χ1v) is 7.20. The summed E-state index contributed by atoms with van der Waals surface area (Å²) in [4.78, 5) is 10.8. The first kappa shape index (κ1) is 15.5. The smallest absolute Gasteiger partial charge is 0.335 e. The van der Waals surface area contributed by atoms with Crippen LogP contribution >= 0.6 is 0 Å². The number of unbranched alkanes of at least 4 members (excludes halogenated alkanes) is 6. The molecule has 3 nitrogen and oxygen atoms in total. The number of carbonyl (C=O) groups is 1. The van der Waals surface area contributed by atoms with Crippen LogP contribution in [0.4, 0.5) is 0 Å². The molecule has 0 atom stereocenters. The van der Waals surface area contributed by atoms with Crippen molar-refractivity contribution in [3.8, 4) is 5.75 Å². The fourth-order valence-corrected chi connectivity index (χ4v) is 1.97. The Kier molecular flexibility index (Phi) is 7.71. The van der Waals surface area contributed by atoms with Crippen LogP contribution in [0.3, 0.4) is 0 Å². The summed E-state index contributed by atoms with van der Waals surface area (Å²) in [5.74, 6) is -0.271. The summed E-state index contributed by atoms with van der Waals surface area (Å²) in [7, 11) is 0. The summed E-state index contributed by atoms with van der Waals surface area (Å²) in [5.41, 5.74) is 0.275. The molecule has 0 unspecified atom stereocenters. The lowest BCUT2D eigenvalue weighted by atomic mass is 10.1. The molecule has 0 spiro atoms. The Bertz CT molecular complexity index is 374. The van der Waals surface area contributed by atoms with E-state index in [1.54, 1.807) is 24.3 Å². The van der Waals surface area contributed by atoms with Gasteiger partial charge in [-0.25, -0.2) is 4.79 Å². The van der Waals surface area contributed by atoms with Crippen molar-refractivity contribution in [3.63, 3.8) is 0 Å². The van der Waals surface area contributed by atoms with E-state index in [0.29, 0.717) is 12.4 Å². The monoisotopic (exact) mass is 264 g/mol. The molecule has 0 fully saturated rings. The zero-order chi connectivity index (χ0) is 13.9. The summed E-state index contributed by atoms with van der Waals surface area (Å²) < 4.78 is 5.56. The van der Waals surface area contributed by atoms with Crippen LogP contribution in [0.15, 0.2) is 24.3 Å². The van der Waals surface area contributed by atoms with E-state index < -0.39 is 5.97 Å². The molecule has 0 saturated carbocycles. The number of aromatic carboxylic acids is 1. The van der Waals surface area contributed by atoms with Gasteiger partial charge in [-0.2, -0.15) is 0 Å². The highest BCUT2D eigenvalue weighted by atomic mass is 16.5. The fourth-order valence-electron chi connectivity index (χ4n) is 1.97. The average molecular weight is 264 g/mol. The Labute approximate surface area is 115 Å². The normalized spacial score (nSPS) is 10.4. The Hall–Kier alpha value is -1.51. The minimum Gasteiger partial charge on any atom is -0.494 e. The largest absolute Gasteiger partial charge is 0.494 e. The molecule has 0 amide bonds. The van der Waals surface area contributed by atoms with Crippen LogP contribution in [0.2, 0.25) is 0 Å². The number of carboxylic acids is 1. The lowest BCUT2D eigenvalue weighted by Gasteiger charge is -2.06. The third-order valence-electron chi connectivity index (χ3n) is 3.10. The molecule has 1 N–H and O–H groups in total. The molecule has 0 saturated heterocycles. The number of hydrogen-bond acceptors (Lipinski definition) is 2. The van der Waals surface area contributed by atoms with Crippen molar-refractivity contribution in [1.29, 1.82) is 0 Å². The van der Waals surface area contributed by atoms with Crippen LogP contribution in [0, 0.1) is 0 Å². The average Bonchev–Trinajstić information content (AvgIpc) is 2.42. The second-order valence-corrected chi connectivity index (χ2v) is 4.80. The lowest BCUT2D eigenvalue weighted by molar-refractivity contribution is 0.0696. The molecule has 0 aliphatic rings.